The molecule has 118 valence electrons. The summed E-state index contributed by atoms with van der Waals surface area (Å²) in [6.07, 6.45) is 2.14. The van der Waals surface area contributed by atoms with Crippen molar-refractivity contribution < 1.29 is 19.2 Å². The van der Waals surface area contributed by atoms with Gasteiger partial charge in [0.05, 0.1) is 10.5 Å². The summed E-state index contributed by atoms with van der Waals surface area (Å²) in [5, 5.41) is 10.8. The van der Waals surface area contributed by atoms with E-state index in [1.54, 1.807) is 36.4 Å². The van der Waals surface area contributed by atoms with Gasteiger partial charge in [-0.25, -0.2) is 9.59 Å². The summed E-state index contributed by atoms with van der Waals surface area (Å²) < 4.78 is 4.49. The van der Waals surface area contributed by atoms with E-state index in [2.05, 4.69) is 16.6 Å². The summed E-state index contributed by atoms with van der Waals surface area (Å²) in [6, 6.07) is 14.6. The topological polar surface area (TPSA) is 86.5 Å². The van der Waals surface area contributed by atoms with Gasteiger partial charge in [0.1, 0.15) is 0 Å². The molecular weight excluding hydrogens is 310 g/mol. The molecule has 0 aliphatic heterocycles. The minimum atomic E-state index is -1.00. The lowest BCUT2D eigenvalue weighted by Gasteiger charge is -1.96. The van der Waals surface area contributed by atoms with E-state index in [1.807, 2.05) is 0 Å². The number of hydrogen-bond donors (Lipinski definition) is 0. The number of carbonyl (C=O) groups is 2. The molecule has 0 aromatic heterocycles. The van der Waals surface area contributed by atoms with Gasteiger partial charge in [0, 0.05) is 23.6 Å². The monoisotopic (exact) mass is 321 g/mol. The average molecular weight is 321 g/mol. The molecule has 0 atom stereocenters. The van der Waals surface area contributed by atoms with E-state index in [9.17, 15) is 19.7 Å². The van der Waals surface area contributed by atoms with Crippen molar-refractivity contribution >= 4 is 23.7 Å². The zero-order valence-corrected chi connectivity index (χ0v) is 12.3. The van der Waals surface area contributed by atoms with Crippen LogP contribution in [0.15, 0.2) is 60.7 Å². The summed E-state index contributed by atoms with van der Waals surface area (Å²) >= 11 is 0. The normalized spacial score (nSPS) is 9.83. The Balaban J connectivity index is 2.00. The van der Waals surface area contributed by atoms with Crippen LogP contribution in [0.4, 0.5) is 5.69 Å². The maximum Gasteiger partial charge on any atom is 0.392 e. The molecule has 0 amide bonds. The van der Waals surface area contributed by atoms with Crippen LogP contribution < -0.4 is 0 Å². The van der Waals surface area contributed by atoms with Crippen LogP contribution in [0.5, 0.6) is 0 Å². The van der Waals surface area contributed by atoms with Crippen molar-refractivity contribution in [2.24, 2.45) is 0 Å². The van der Waals surface area contributed by atoms with Gasteiger partial charge in [-0.15, -0.1) is 0 Å². The van der Waals surface area contributed by atoms with Gasteiger partial charge >= 0.3 is 11.9 Å². The second kappa shape index (κ2) is 8.06. The number of nitrogens with zero attached hydrogens (tertiary/aromatic N) is 1. The largest absolute Gasteiger partial charge is 0.392 e. The highest BCUT2D eigenvalue weighted by Gasteiger charge is 2.10. The standard InChI is InChI=1S/C18H11NO5/c20-17(12-10-14-6-2-1-3-7-14)24-18(21)13-11-15-8-4-5-9-16(15)19(22)23/h1-9,11,13H/b13-11+. The van der Waals surface area contributed by atoms with E-state index in [4.69, 9.17) is 0 Å². The summed E-state index contributed by atoms with van der Waals surface area (Å²) in [4.78, 5) is 33.3. The lowest BCUT2D eigenvalue weighted by atomic mass is 10.1. The van der Waals surface area contributed by atoms with Gasteiger partial charge in [-0.3, -0.25) is 10.1 Å². The second-order valence-electron chi connectivity index (χ2n) is 4.47. The average Bonchev–Trinajstić information content (AvgIpc) is 2.59. The van der Waals surface area contributed by atoms with Gasteiger partial charge in [0.25, 0.3) is 5.69 Å². The summed E-state index contributed by atoms with van der Waals surface area (Å²) in [5.41, 5.74) is 0.677. The minimum absolute atomic E-state index is 0.156. The molecule has 0 aliphatic carbocycles. The Morgan fingerprint density at radius 2 is 1.71 bits per heavy atom. The molecule has 6 nitrogen and oxygen atoms in total. The van der Waals surface area contributed by atoms with Crippen LogP contribution >= 0.6 is 0 Å². The van der Waals surface area contributed by atoms with E-state index < -0.39 is 16.9 Å². The highest BCUT2D eigenvalue weighted by atomic mass is 16.6. The molecule has 2 rings (SSSR count). The lowest BCUT2D eigenvalue weighted by Crippen LogP contribution is -2.07. The third kappa shape index (κ3) is 4.93. The number of ether oxygens (including phenoxy) is 1. The SMILES string of the molecule is O=C(C#Cc1ccccc1)OC(=O)/C=C/c1ccccc1[N+](=O)[O-]. The maximum atomic E-state index is 11.6. The van der Waals surface area contributed by atoms with Crippen LogP contribution in [0.25, 0.3) is 6.08 Å². The number of esters is 2. The van der Waals surface area contributed by atoms with Gasteiger partial charge in [-0.05, 0) is 24.3 Å². The zero-order valence-electron chi connectivity index (χ0n) is 12.3. The molecule has 0 bridgehead atoms. The first kappa shape index (κ1) is 16.6. The van der Waals surface area contributed by atoms with Gasteiger partial charge in [-0.2, -0.15) is 0 Å². The molecule has 0 heterocycles. The minimum Gasteiger partial charge on any atom is -0.380 e. The summed E-state index contributed by atoms with van der Waals surface area (Å²) in [5.74, 6) is 2.78. The molecular formula is C18H11NO5. The first-order valence-electron chi connectivity index (χ1n) is 6.80. The second-order valence-corrected chi connectivity index (χ2v) is 4.47. The maximum absolute atomic E-state index is 11.6. The van der Waals surface area contributed by atoms with Crippen molar-refractivity contribution in [3.05, 3.63) is 81.9 Å². The van der Waals surface area contributed by atoms with Gasteiger partial charge < -0.3 is 4.74 Å². The molecule has 0 spiro atoms. The first-order chi connectivity index (χ1) is 11.6. The molecule has 0 fully saturated rings. The van der Waals surface area contributed by atoms with Gasteiger partial charge in [0.2, 0.25) is 0 Å². The van der Waals surface area contributed by atoms with Crippen LogP contribution in [0.1, 0.15) is 11.1 Å². The number of nitro benzene ring substituents is 1. The number of carbonyl (C=O) groups excluding carboxylic acids is 2. The highest BCUT2D eigenvalue weighted by Crippen LogP contribution is 2.18. The van der Waals surface area contributed by atoms with Crippen LogP contribution in [-0.2, 0) is 14.3 Å². The van der Waals surface area contributed by atoms with E-state index in [0.717, 1.165) is 6.08 Å². The van der Waals surface area contributed by atoms with E-state index in [0.29, 0.717) is 5.56 Å². The Morgan fingerprint density at radius 3 is 2.42 bits per heavy atom. The van der Waals surface area contributed by atoms with Crippen LogP contribution in [0.2, 0.25) is 0 Å². The Labute approximate surface area is 137 Å². The van der Waals surface area contributed by atoms with Crippen LogP contribution in [-0.4, -0.2) is 16.9 Å². The number of nitro groups is 1. The Morgan fingerprint density at radius 1 is 1.04 bits per heavy atom. The van der Waals surface area contributed by atoms with Crippen molar-refractivity contribution in [2.75, 3.05) is 0 Å². The number of rotatable bonds is 3. The third-order valence-corrected chi connectivity index (χ3v) is 2.81. The number of hydrogen-bond acceptors (Lipinski definition) is 5. The molecule has 0 radical (unpaired) electrons. The van der Waals surface area contributed by atoms with E-state index >= 15 is 0 Å². The predicted molar refractivity (Wildman–Crippen MR) is 86.5 cm³/mol. The van der Waals surface area contributed by atoms with Crippen molar-refractivity contribution in [1.82, 2.24) is 0 Å². The Hall–Kier alpha value is -3.72. The molecule has 2 aromatic carbocycles. The summed E-state index contributed by atoms with van der Waals surface area (Å²) in [7, 11) is 0. The molecule has 6 heteroatoms. The number of benzene rings is 2. The smallest absolute Gasteiger partial charge is 0.380 e. The molecule has 0 N–H and O–H groups in total. The van der Waals surface area contributed by atoms with Gasteiger partial charge in [0.15, 0.2) is 0 Å². The highest BCUT2D eigenvalue weighted by molar-refractivity contribution is 6.01. The van der Waals surface area contributed by atoms with Gasteiger partial charge in [-0.1, -0.05) is 36.3 Å². The van der Waals surface area contributed by atoms with Crippen LogP contribution in [0.3, 0.4) is 0 Å². The molecule has 24 heavy (non-hydrogen) atoms. The Kier molecular flexibility index (Phi) is 5.59. The zero-order chi connectivity index (χ0) is 17.4. The molecule has 0 unspecified atom stereocenters. The predicted octanol–water partition coefficient (Wildman–Crippen LogP) is 2.73. The van der Waals surface area contributed by atoms with E-state index in [-0.39, 0.29) is 11.3 Å². The fourth-order valence-electron chi connectivity index (χ4n) is 1.75. The molecule has 0 saturated heterocycles. The fraction of sp³-hybridized carbons (Fsp3) is 0. The quantitative estimate of drug-likeness (QED) is 0.217. The third-order valence-electron chi connectivity index (χ3n) is 2.81. The first-order valence-corrected chi connectivity index (χ1v) is 6.80. The lowest BCUT2D eigenvalue weighted by molar-refractivity contribution is -0.385. The van der Waals surface area contributed by atoms with E-state index in [1.165, 1.54) is 24.3 Å². The molecule has 0 saturated carbocycles. The summed E-state index contributed by atoms with van der Waals surface area (Å²) in [6.45, 7) is 0. The van der Waals surface area contributed by atoms with Crippen LogP contribution in [0, 0.1) is 22.0 Å². The van der Waals surface area contributed by atoms with Crippen molar-refractivity contribution in [2.45, 2.75) is 0 Å². The Bertz CT molecular complexity index is 860. The van der Waals surface area contributed by atoms with Crippen molar-refractivity contribution in [3.63, 3.8) is 0 Å². The van der Waals surface area contributed by atoms with Crippen molar-refractivity contribution in [3.8, 4) is 11.8 Å². The fourth-order valence-corrected chi connectivity index (χ4v) is 1.75. The molecule has 0 aliphatic rings. The number of para-hydroxylation sites is 1. The molecule has 2 aromatic rings. The van der Waals surface area contributed by atoms with Crippen molar-refractivity contribution in [1.29, 1.82) is 0 Å².